The van der Waals surface area contributed by atoms with Crippen LogP contribution in [0.1, 0.15) is 20.7 Å². The van der Waals surface area contributed by atoms with Crippen LogP contribution >= 0.6 is 0 Å². The van der Waals surface area contributed by atoms with Crippen LogP contribution in [0, 0.1) is 0 Å². The van der Waals surface area contributed by atoms with E-state index in [1.165, 1.54) is 7.11 Å². The van der Waals surface area contributed by atoms with Gasteiger partial charge in [0.05, 0.1) is 12.7 Å². The zero-order chi connectivity index (χ0) is 20.2. The van der Waals surface area contributed by atoms with Gasteiger partial charge in [0.25, 0.3) is 5.91 Å². The Kier molecular flexibility index (Phi) is 5.03. The maximum absolute atomic E-state index is 12.5. The van der Waals surface area contributed by atoms with Gasteiger partial charge >= 0.3 is 5.97 Å². The van der Waals surface area contributed by atoms with Gasteiger partial charge in [-0.3, -0.25) is 4.79 Å². The Labute approximate surface area is 167 Å². The number of benzene rings is 3. The van der Waals surface area contributed by atoms with Gasteiger partial charge in [-0.15, -0.1) is 0 Å². The first-order chi connectivity index (χ1) is 14.1. The van der Waals surface area contributed by atoms with Gasteiger partial charge in [0, 0.05) is 22.6 Å². The van der Waals surface area contributed by atoms with E-state index in [2.05, 4.69) is 10.6 Å². The van der Waals surface area contributed by atoms with E-state index in [1.54, 1.807) is 48.5 Å². The standard InChI is InChI=1S/C22H18N2O5/c1-27-22(26)15-3-2-4-18(11-15)23-16-6-8-17(9-7-16)24-21(25)14-5-10-19-20(12-14)29-13-28-19/h2-12,23H,13H2,1H3,(H,24,25). The minimum atomic E-state index is -0.393. The average Bonchev–Trinajstić information content (AvgIpc) is 3.22. The molecule has 0 aromatic heterocycles. The van der Waals surface area contributed by atoms with Crippen LogP contribution in [0.2, 0.25) is 0 Å². The summed E-state index contributed by atoms with van der Waals surface area (Å²) in [5, 5.41) is 6.06. The summed E-state index contributed by atoms with van der Waals surface area (Å²) in [6, 6.07) is 19.3. The van der Waals surface area contributed by atoms with Gasteiger partial charge < -0.3 is 24.8 Å². The summed E-state index contributed by atoms with van der Waals surface area (Å²) in [5.41, 5.74) is 3.17. The quantitative estimate of drug-likeness (QED) is 0.635. The van der Waals surface area contributed by atoms with Gasteiger partial charge in [0.15, 0.2) is 11.5 Å². The van der Waals surface area contributed by atoms with Crippen molar-refractivity contribution in [2.24, 2.45) is 0 Å². The molecule has 3 aromatic carbocycles. The number of hydrogen-bond acceptors (Lipinski definition) is 6. The van der Waals surface area contributed by atoms with Gasteiger partial charge in [-0.1, -0.05) is 6.07 Å². The summed E-state index contributed by atoms with van der Waals surface area (Å²) in [6.07, 6.45) is 0. The molecule has 0 spiro atoms. The highest BCUT2D eigenvalue weighted by Gasteiger charge is 2.16. The van der Waals surface area contributed by atoms with E-state index in [0.717, 1.165) is 11.4 Å². The smallest absolute Gasteiger partial charge is 0.337 e. The van der Waals surface area contributed by atoms with Gasteiger partial charge in [0.1, 0.15) is 0 Å². The number of ether oxygens (including phenoxy) is 3. The average molecular weight is 390 g/mol. The van der Waals surface area contributed by atoms with Crippen molar-refractivity contribution < 1.29 is 23.8 Å². The zero-order valence-corrected chi connectivity index (χ0v) is 15.6. The number of fused-ring (bicyclic) bond motifs is 1. The molecule has 1 heterocycles. The first kappa shape index (κ1) is 18.4. The summed E-state index contributed by atoms with van der Waals surface area (Å²) in [7, 11) is 1.35. The zero-order valence-electron chi connectivity index (χ0n) is 15.6. The molecule has 3 aromatic rings. The van der Waals surface area contributed by atoms with Crippen LogP contribution in [-0.2, 0) is 4.74 Å². The minimum Gasteiger partial charge on any atom is -0.465 e. The molecule has 2 N–H and O–H groups in total. The van der Waals surface area contributed by atoms with Gasteiger partial charge in [-0.25, -0.2) is 4.79 Å². The van der Waals surface area contributed by atoms with Crippen molar-refractivity contribution in [3.8, 4) is 11.5 Å². The van der Waals surface area contributed by atoms with E-state index < -0.39 is 5.97 Å². The number of nitrogens with one attached hydrogen (secondary N) is 2. The predicted molar refractivity (Wildman–Crippen MR) is 108 cm³/mol. The molecular formula is C22H18N2O5. The molecule has 0 aliphatic carbocycles. The number of rotatable bonds is 5. The third kappa shape index (κ3) is 4.14. The Morgan fingerprint density at radius 2 is 1.59 bits per heavy atom. The second-order valence-corrected chi connectivity index (χ2v) is 6.30. The van der Waals surface area contributed by atoms with E-state index in [4.69, 9.17) is 14.2 Å². The molecule has 4 rings (SSSR count). The van der Waals surface area contributed by atoms with Gasteiger partial charge in [-0.05, 0) is 60.7 Å². The number of anilines is 3. The highest BCUT2D eigenvalue weighted by atomic mass is 16.7. The lowest BCUT2D eigenvalue weighted by Gasteiger charge is -2.10. The molecule has 0 unspecified atom stereocenters. The lowest BCUT2D eigenvalue weighted by atomic mass is 10.1. The molecule has 0 fully saturated rings. The third-order valence-corrected chi connectivity index (χ3v) is 4.35. The van der Waals surface area contributed by atoms with Crippen LogP contribution in [0.15, 0.2) is 66.7 Å². The Balaban J connectivity index is 1.41. The van der Waals surface area contributed by atoms with Gasteiger partial charge in [-0.2, -0.15) is 0 Å². The summed E-state index contributed by atoms with van der Waals surface area (Å²) in [5.74, 6) is 0.560. The monoisotopic (exact) mass is 390 g/mol. The Hall–Kier alpha value is -4.00. The highest BCUT2D eigenvalue weighted by molar-refractivity contribution is 6.04. The third-order valence-electron chi connectivity index (χ3n) is 4.35. The van der Waals surface area contributed by atoms with Crippen LogP contribution in [0.25, 0.3) is 0 Å². The van der Waals surface area contributed by atoms with Crippen molar-refractivity contribution in [3.05, 3.63) is 77.9 Å². The van der Waals surface area contributed by atoms with Crippen molar-refractivity contribution >= 4 is 28.9 Å². The summed E-state index contributed by atoms with van der Waals surface area (Å²) >= 11 is 0. The topological polar surface area (TPSA) is 85.9 Å². The Morgan fingerprint density at radius 1 is 0.828 bits per heavy atom. The first-order valence-corrected chi connectivity index (χ1v) is 8.89. The number of carbonyl (C=O) groups excluding carboxylic acids is 2. The molecule has 146 valence electrons. The minimum absolute atomic E-state index is 0.164. The molecule has 0 radical (unpaired) electrons. The second kappa shape index (κ2) is 7.93. The van der Waals surface area contributed by atoms with E-state index in [0.29, 0.717) is 28.3 Å². The summed E-state index contributed by atoms with van der Waals surface area (Å²) in [6.45, 7) is 0.164. The van der Waals surface area contributed by atoms with Crippen molar-refractivity contribution in [3.63, 3.8) is 0 Å². The lowest BCUT2D eigenvalue weighted by molar-refractivity contribution is 0.0600. The molecule has 0 saturated carbocycles. The number of esters is 1. The number of methoxy groups -OCH3 is 1. The normalized spacial score (nSPS) is 11.6. The largest absolute Gasteiger partial charge is 0.465 e. The molecule has 1 amide bonds. The van der Waals surface area contributed by atoms with Crippen LogP contribution in [0.5, 0.6) is 11.5 Å². The SMILES string of the molecule is COC(=O)c1cccc(Nc2ccc(NC(=O)c3ccc4c(c3)OCO4)cc2)c1. The van der Waals surface area contributed by atoms with E-state index in [-0.39, 0.29) is 12.7 Å². The first-order valence-electron chi connectivity index (χ1n) is 8.89. The van der Waals surface area contributed by atoms with Gasteiger partial charge in [0.2, 0.25) is 6.79 Å². The molecule has 7 heteroatoms. The number of carbonyl (C=O) groups is 2. The maximum atomic E-state index is 12.5. The number of hydrogen-bond donors (Lipinski definition) is 2. The molecule has 0 atom stereocenters. The van der Waals surface area contributed by atoms with Crippen LogP contribution in [0.4, 0.5) is 17.1 Å². The maximum Gasteiger partial charge on any atom is 0.337 e. The van der Waals surface area contributed by atoms with Crippen molar-refractivity contribution in [2.75, 3.05) is 24.5 Å². The van der Waals surface area contributed by atoms with Crippen molar-refractivity contribution in [2.45, 2.75) is 0 Å². The summed E-state index contributed by atoms with van der Waals surface area (Å²) in [4.78, 5) is 24.1. The van der Waals surface area contributed by atoms with Crippen molar-refractivity contribution in [1.82, 2.24) is 0 Å². The molecule has 1 aliphatic rings. The second-order valence-electron chi connectivity index (χ2n) is 6.30. The number of amides is 1. The molecule has 29 heavy (non-hydrogen) atoms. The van der Waals surface area contributed by atoms with E-state index in [1.807, 2.05) is 18.2 Å². The molecule has 0 saturated heterocycles. The van der Waals surface area contributed by atoms with Crippen LogP contribution in [0.3, 0.4) is 0 Å². The molecular weight excluding hydrogens is 372 g/mol. The van der Waals surface area contributed by atoms with Crippen LogP contribution in [-0.4, -0.2) is 25.8 Å². The fourth-order valence-corrected chi connectivity index (χ4v) is 2.89. The highest BCUT2D eigenvalue weighted by Crippen LogP contribution is 2.32. The van der Waals surface area contributed by atoms with Crippen molar-refractivity contribution in [1.29, 1.82) is 0 Å². The predicted octanol–water partition coefficient (Wildman–Crippen LogP) is 4.20. The fraction of sp³-hybridized carbons (Fsp3) is 0.0909. The molecule has 1 aliphatic heterocycles. The Bertz CT molecular complexity index is 1060. The Morgan fingerprint density at radius 3 is 2.38 bits per heavy atom. The molecule has 0 bridgehead atoms. The summed E-state index contributed by atoms with van der Waals surface area (Å²) < 4.78 is 15.3. The van der Waals surface area contributed by atoms with E-state index >= 15 is 0 Å². The lowest BCUT2D eigenvalue weighted by Crippen LogP contribution is -2.11. The fourth-order valence-electron chi connectivity index (χ4n) is 2.89. The van der Waals surface area contributed by atoms with Crippen LogP contribution < -0.4 is 20.1 Å². The molecule has 7 nitrogen and oxygen atoms in total. The van der Waals surface area contributed by atoms with E-state index in [9.17, 15) is 9.59 Å².